The van der Waals surface area contributed by atoms with Gasteiger partial charge in [0, 0.05) is 27.4 Å². The number of carboxylic acids is 1. The Hall–Kier alpha value is -3.53. The maximum absolute atomic E-state index is 13.0. The second-order valence-corrected chi connectivity index (χ2v) is 28.9. The largest absolute Gasteiger partial charge is 0.478 e. The van der Waals surface area contributed by atoms with E-state index in [-0.39, 0.29) is 59.6 Å². The van der Waals surface area contributed by atoms with Crippen LogP contribution < -0.4 is 0 Å². The SMILES string of the molecule is C=C(C)C(=O)O.C=C(C)C(=O)OCCCCCCOC(=O)CC1(CC(=O)OCCCCCCOC(=O)C(=C)C)CCC(C2CCC(CCC)CC2)CC1.CCCC1CCC(C2CCC(CC(=O)OCCCCCCBr)(CC(=O)OCCCCCCBr)CC2)CC1. The molecule has 0 radical (unpaired) electrons. The van der Waals surface area contributed by atoms with E-state index in [0.29, 0.717) is 69.5 Å². The summed E-state index contributed by atoms with van der Waals surface area (Å²) in [5.74, 6) is 2.53. The van der Waals surface area contributed by atoms with Crippen molar-refractivity contribution < 1.29 is 67.1 Å². The number of halogens is 2. The molecule has 0 aromatic rings. The Kier molecular flexibility index (Phi) is 45.8. The quantitative estimate of drug-likeness (QED) is 0.0199. The van der Waals surface area contributed by atoms with E-state index in [1.807, 2.05) is 0 Å². The highest BCUT2D eigenvalue weighted by molar-refractivity contribution is 9.09. The Bertz CT molecular complexity index is 1960. The Balaban J connectivity index is 0.000000574. The molecule has 1 N–H and O–H groups in total. The van der Waals surface area contributed by atoms with Crippen molar-refractivity contribution in [1.82, 2.24) is 0 Å². The zero-order valence-corrected chi connectivity index (χ0v) is 60.2. The first-order chi connectivity index (χ1) is 43.2. The van der Waals surface area contributed by atoms with E-state index in [1.54, 1.807) is 13.8 Å². The minimum Gasteiger partial charge on any atom is -0.478 e. The van der Waals surface area contributed by atoms with Gasteiger partial charge in [0.25, 0.3) is 0 Å². The number of alkyl halides is 2. The van der Waals surface area contributed by atoms with Gasteiger partial charge in [-0.25, -0.2) is 14.4 Å². The Morgan fingerprint density at radius 1 is 0.367 bits per heavy atom. The van der Waals surface area contributed by atoms with Gasteiger partial charge in [0.05, 0.1) is 65.3 Å². The van der Waals surface area contributed by atoms with Crippen molar-refractivity contribution in [2.75, 3.05) is 50.3 Å². The molecule has 0 aromatic heterocycles. The molecule has 0 amide bonds. The van der Waals surface area contributed by atoms with Crippen molar-refractivity contribution in [3.8, 4) is 0 Å². The zero-order chi connectivity index (χ0) is 66.4. The standard InChI is InChI=1S/C39H64O8.C31H54Br2O4.C4H6O2/c1-6-15-32-16-18-33(19-17-32)34-20-22-39(23-21-34,28-35(40)44-24-11-7-9-13-26-46-37(42)30(2)3)29-36(41)45-25-12-8-10-14-27-47-38(43)31(4)5;1-2-11-26-12-14-27(15-13-26)28-16-18-31(19-17-28,24-29(34)36-22-9-5-3-7-20-32)25-30(35)37-23-10-6-4-8-21-33;1-3(2)4(5)6/h32-34H,2,4,6-29H2,1,3,5H3;26-28H,2-25H2,1H3;1H2,2H3,(H,5,6). The summed E-state index contributed by atoms with van der Waals surface area (Å²) in [6, 6.07) is 0. The molecule has 0 bridgehead atoms. The van der Waals surface area contributed by atoms with E-state index in [2.05, 4.69) is 65.4 Å². The number of carboxylic acid groups (broad SMARTS) is 1. The van der Waals surface area contributed by atoms with Gasteiger partial charge in [-0.15, -0.1) is 0 Å². The Morgan fingerprint density at radius 2 is 0.600 bits per heavy atom. The van der Waals surface area contributed by atoms with Crippen LogP contribution in [0.1, 0.15) is 291 Å². The Morgan fingerprint density at radius 3 is 0.822 bits per heavy atom. The molecule has 90 heavy (non-hydrogen) atoms. The van der Waals surface area contributed by atoms with Crippen molar-refractivity contribution in [1.29, 1.82) is 0 Å². The number of esters is 6. The number of ether oxygens (including phenoxy) is 6. The van der Waals surface area contributed by atoms with Gasteiger partial charge in [0.15, 0.2) is 0 Å². The fraction of sp³-hybridized carbons (Fsp3) is 0.824. The molecule has 0 saturated heterocycles. The lowest BCUT2D eigenvalue weighted by Crippen LogP contribution is -2.36. The first-order valence-corrected chi connectivity index (χ1v) is 37.7. The van der Waals surface area contributed by atoms with E-state index < -0.39 is 11.4 Å². The number of carbonyl (C=O) groups is 7. The van der Waals surface area contributed by atoms with Crippen LogP contribution in [0.5, 0.6) is 0 Å². The van der Waals surface area contributed by atoms with Gasteiger partial charge < -0.3 is 33.5 Å². The minimum atomic E-state index is -0.935. The summed E-state index contributed by atoms with van der Waals surface area (Å²) in [6.07, 6.45) is 40.8. The highest BCUT2D eigenvalue weighted by atomic mass is 79.9. The lowest BCUT2D eigenvalue weighted by atomic mass is 9.62. The third-order valence-corrected chi connectivity index (χ3v) is 20.6. The average molecular weight is 1400 g/mol. The highest BCUT2D eigenvalue weighted by Crippen LogP contribution is 2.51. The van der Waals surface area contributed by atoms with Crippen LogP contribution in [0.3, 0.4) is 0 Å². The second kappa shape index (κ2) is 50.0. The summed E-state index contributed by atoms with van der Waals surface area (Å²) in [5, 5.41) is 9.95. The van der Waals surface area contributed by atoms with Gasteiger partial charge in [-0.2, -0.15) is 0 Å². The molecular weight excluding hydrogens is 1270 g/mol. The van der Waals surface area contributed by atoms with Crippen LogP contribution in [0.2, 0.25) is 0 Å². The predicted octanol–water partition coefficient (Wildman–Crippen LogP) is 19.2. The van der Waals surface area contributed by atoms with Gasteiger partial charge in [-0.1, -0.05) is 142 Å². The summed E-state index contributed by atoms with van der Waals surface area (Å²) >= 11 is 6.93. The van der Waals surface area contributed by atoms with Gasteiger partial charge in [0.1, 0.15) is 0 Å². The van der Waals surface area contributed by atoms with Gasteiger partial charge >= 0.3 is 41.8 Å². The van der Waals surface area contributed by atoms with Gasteiger partial charge in [-0.3, -0.25) is 19.2 Å². The van der Waals surface area contributed by atoms with E-state index >= 15 is 0 Å². The molecule has 14 nitrogen and oxygen atoms in total. The van der Waals surface area contributed by atoms with Crippen molar-refractivity contribution in [2.24, 2.45) is 46.3 Å². The lowest BCUT2D eigenvalue weighted by Gasteiger charge is -2.43. The average Bonchev–Trinajstić information content (AvgIpc) is 1.09. The molecule has 4 aliphatic carbocycles. The number of carbonyl (C=O) groups excluding carboxylic acids is 6. The fourth-order valence-electron chi connectivity index (χ4n) is 14.0. The highest BCUT2D eigenvalue weighted by Gasteiger charge is 2.44. The third-order valence-electron chi connectivity index (χ3n) is 19.5. The summed E-state index contributed by atoms with van der Waals surface area (Å²) in [4.78, 5) is 84.3. The monoisotopic (exact) mass is 1390 g/mol. The van der Waals surface area contributed by atoms with Crippen molar-refractivity contribution in [2.45, 2.75) is 291 Å². The Labute approximate surface area is 562 Å². The molecule has 4 rings (SSSR count). The number of aliphatic carboxylic acids is 1. The number of hydrogen-bond donors (Lipinski definition) is 1. The molecule has 0 aliphatic heterocycles. The topological polar surface area (TPSA) is 195 Å². The first-order valence-electron chi connectivity index (χ1n) is 35.5. The number of rotatable bonds is 43. The predicted molar refractivity (Wildman–Crippen MR) is 367 cm³/mol. The van der Waals surface area contributed by atoms with Crippen molar-refractivity contribution >= 4 is 73.6 Å². The van der Waals surface area contributed by atoms with E-state index in [4.69, 9.17) is 33.5 Å². The molecule has 0 unspecified atom stereocenters. The summed E-state index contributed by atoms with van der Waals surface area (Å²) in [7, 11) is 0. The molecule has 518 valence electrons. The molecule has 0 heterocycles. The number of unbranched alkanes of at least 4 members (excludes halogenated alkanes) is 12. The van der Waals surface area contributed by atoms with Crippen LogP contribution in [0.15, 0.2) is 36.5 Å². The van der Waals surface area contributed by atoms with Crippen molar-refractivity contribution in [3.05, 3.63) is 36.5 Å². The third kappa shape index (κ3) is 38.0. The lowest BCUT2D eigenvalue weighted by molar-refractivity contribution is -0.154. The van der Waals surface area contributed by atoms with Crippen LogP contribution in [0, 0.1) is 46.3 Å². The summed E-state index contributed by atoms with van der Waals surface area (Å²) < 4.78 is 32.8. The van der Waals surface area contributed by atoms with Gasteiger partial charge in [-0.05, 0) is 221 Å². The van der Waals surface area contributed by atoms with E-state index in [1.165, 1.54) is 84.0 Å². The molecular formula is C74H124Br2O14. The van der Waals surface area contributed by atoms with Crippen LogP contribution >= 0.6 is 31.9 Å². The molecule has 0 aromatic carbocycles. The normalized spacial score (nSPS) is 19.7. The van der Waals surface area contributed by atoms with E-state index in [9.17, 15) is 33.6 Å². The molecule has 0 atom stereocenters. The minimum absolute atomic E-state index is 0.124. The fourth-order valence-corrected chi connectivity index (χ4v) is 14.8. The maximum Gasteiger partial charge on any atom is 0.333 e. The zero-order valence-electron chi connectivity index (χ0n) is 57.0. The molecule has 4 fully saturated rings. The maximum atomic E-state index is 13.0. The molecule has 0 spiro atoms. The van der Waals surface area contributed by atoms with Crippen molar-refractivity contribution in [3.63, 3.8) is 0 Å². The van der Waals surface area contributed by atoms with Gasteiger partial charge in [0.2, 0.25) is 0 Å². The summed E-state index contributed by atoms with van der Waals surface area (Å²) in [6.45, 7) is 22.1. The summed E-state index contributed by atoms with van der Waals surface area (Å²) in [5.41, 5.74) is 0.298. The van der Waals surface area contributed by atoms with Crippen LogP contribution in [0.4, 0.5) is 0 Å². The molecule has 16 heteroatoms. The molecule has 4 aliphatic rings. The van der Waals surface area contributed by atoms with E-state index in [0.717, 1.165) is 194 Å². The van der Waals surface area contributed by atoms with Crippen LogP contribution in [-0.4, -0.2) is 97.2 Å². The van der Waals surface area contributed by atoms with Crippen LogP contribution in [0.25, 0.3) is 0 Å². The van der Waals surface area contributed by atoms with Crippen LogP contribution in [-0.2, 0) is 62.0 Å². The molecule has 4 saturated carbocycles. The smallest absolute Gasteiger partial charge is 0.333 e. The number of hydrogen-bond acceptors (Lipinski definition) is 13. The first kappa shape index (κ1) is 82.6. The second-order valence-electron chi connectivity index (χ2n) is 27.4.